The summed E-state index contributed by atoms with van der Waals surface area (Å²) in [4.78, 5) is 8.31. The van der Waals surface area contributed by atoms with E-state index in [0.717, 1.165) is 11.1 Å². The Labute approximate surface area is 186 Å². The Hall–Kier alpha value is -4.26. The second-order valence-corrected chi connectivity index (χ2v) is 7.11. The molecule has 3 N–H and O–H groups in total. The number of phenols is 1. The Kier molecular flexibility index (Phi) is 6.07. The van der Waals surface area contributed by atoms with E-state index in [-0.39, 0.29) is 11.7 Å². The van der Waals surface area contributed by atoms with Gasteiger partial charge in [-0.3, -0.25) is 0 Å². The average molecular weight is 429 g/mol. The minimum Gasteiger partial charge on any atom is -0.507 e. The Bertz CT molecular complexity index is 1230. The van der Waals surface area contributed by atoms with Crippen LogP contribution in [0.3, 0.4) is 0 Å². The number of ether oxygens (including phenoxy) is 3. The molecule has 4 aromatic rings. The topological polar surface area (TPSA) is 99.7 Å². The zero-order valence-corrected chi connectivity index (χ0v) is 17.8. The molecule has 4 rings (SSSR count). The van der Waals surface area contributed by atoms with E-state index in [1.807, 2.05) is 31.2 Å². The van der Waals surface area contributed by atoms with Crippen LogP contribution < -0.4 is 19.9 Å². The maximum Gasteiger partial charge on any atom is 0.220 e. The molecule has 0 saturated carbocycles. The molecule has 32 heavy (non-hydrogen) atoms. The minimum absolute atomic E-state index is 0.00929. The van der Waals surface area contributed by atoms with Crippen molar-refractivity contribution >= 4 is 5.95 Å². The minimum atomic E-state index is -0.00929. The first-order valence-electron chi connectivity index (χ1n) is 9.98. The summed E-state index contributed by atoms with van der Waals surface area (Å²) in [5, 5.41) is 10.7. The van der Waals surface area contributed by atoms with Crippen molar-refractivity contribution in [3.63, 3.8) is 0 Å². The van der Waals surface area contributed by atoms with Crippen LogP contribution in [0.2, 0.25) is 0 Å². The van der Waals surface area contributed by atoms with Crippen molar-refractivity contribution in [2.24, 2.45) is 0 Å². The van der Waals surface area contributed by atoms with E-state index in [1.54, 1.807) is 49.6 Å². The number of rotatable bonds is 7. The molecule has 0 aliphatic rings. The third-order valence-corrected chi connectivity index (χ3v) is 4.94. The van der Waals surface area contributed by atoms with Crippen LogP contribution in [-0.2, 0) is 6.61 Å². The van der Waals surface area contributed by atoms with Gasteiger partial charge >= 0.3 is 0 Å². The number of phenolic OH excluding ortho intramolecular Hbond substituents is 1. The monoisotopic (exact) mass is 429 g/mol. The van der Waals surface area contributed by atoms with Crippen LogP contribution in [0.15, 0.2) is 72.9 Å². The predicted octanol–water partition coefficient (Wildman–Crippen LogP) is 5.12. The number of nitrogen functional groups attached to an aromatic ring is 1. The molecule has 0 saturated heterocycles. The highest BCUT2D eigenvalue weighted by Crippen LogP contribution is 2.38. The number of aromatic nitrogens is 2. The number of methoxy groups -OCH3 is 1. The first-order valence-corrected chi connectivity index (χ1v) is 9.98. The van der Waals surface area contributed by atoms with E-state index in [1.165, 1.54) is 6.20 Å². The summed E-state index contributed by atoms with van der Waals surface area (Å²) in [6.07, 6.45) is 1.48. The summed E-state index contributed by atoms with van der Waals surface area (Å²) in [6.45, 7) is 2.43. The van der Waals surface area contributed by atoms with Gasteiger partial charge in [-0.2, -0.15) is 0 Å². The van der Waals surface area contributed by atoms with Gasteiger partial charge in [0.05, 0.1) is 13.3 Å². The number of aromatic hydroxyl groups is 1. The van der Waals surface area contributed by atoms with Crippen LogP contribution in [0.5, 0.6) is 28.7 Å². The molecular weight excluding hydrogens is 406 g/mol. The van der Waals surface area contributed by atoms with Gasteiger partial charge in [0.1, 0.15) is 35.3 Å². The van der Waals surface area contributed by atoms with E-state index < -0.39 is 0 Å². The summed E-state index contributed by atoms with van der Waals surface area (Å²) in [7, 11) is 1.60. The summed E-state index contributed by atoms with van der Waals surface area (Å²) >= 11 is 0. The van der Waals surface area contributed by atoms with Crippen molar-refractivity contribution in [3.8, 4) is 40.0 Å². The van der Waals surface area contributed by atoms with Crippen LogP contribution in [0.4, 0.5) is 5.95 Å². The highest BCUT2D eigenvalue weighted by Gasteiger charge is 2.16. The molecular formula is C25H23N3O4. The summed E-state index contributed by atoms with van der Waals surface area (Å²) in [5.41, 5.74) is 8.85. The van der Waals surface area contributed by atoms with Crippen molar-refractivity contribution in [3.05, 3.63) is 84.1 Å². The first kappa shape index (κ1) is 21.0. The number of nitrogens with two attached hydrogens (primary N) is 1. The molecule has 0 radical (unpaired) electrons. The second-order valence-electron chi connectivity index (χ2n) is 7.11. The molecule has 162 valence electrons. The molecule has 0 fully saturated rings. The summed E-state index contributed by atoms with van der Waals surface area (Å²) < 4.78 is 17.0. The van der Waals surface area contributed by atoms with Crippen molar-refractivity contribution < 1.29 is 19.3 Å². The van der Waals surface area contributed by atoms with Crippen LogP contribution in [-0.4, -0.2) is 22.2 Å². The third-order valence-electron chi connectivity index (χ3n) is 4.94. The highest BCUT2D eigenvalue weighted by molar-refractivity contribution is 5.73. The molecule has 0 spiro atoms. The van der Waals surface area contributed by atoms with Crippen molar-refractivity contribution in [2.45, 2.75) is 13.5 Å². The molecule has 0 aliphatic carbocycles. The molecule has 7 nitrogen and oxygen atoms in total. The Morgan fingerprint density at radius 1 is 0.938 bits per heavy atom. The first-order chi connectivity index (χ1) is 15.5. The van der Waals surface area contributed by atoms with Crippen LogP contribution in [0, 0.1) is 6.92 Å². The molecule has 0 amide bonds. The fourth-order valence-corrected chi connectivity index (χ4v) is 3.16. The van der Waals surface area contributed by atoms with Gasteiger partial charge in [0, 0.05) is 11.6 Å². The number of benzene rings is 3. The van der Waals surface area contributed by atoms with Crippen LogP contribution >= 0.6 is 0 Å². The van der Waals surface area contributed by atoms with E-state index in [0.29, 0.717) is 40.9 Å². The second kappa shape index (κ2) is 9.26. The lowest BCUT2D eigenvalue weighted by Crippen LogP contribution is -2.00. The number of nitrogens with zero attached hydrogens (tertiary/aromatic N) is 2. The molecule has 3 aromatic carbocycles. The average Bonchev–Trinajstić information content (AvgIpc) is 2.80. The van der Waals surface area contributed by atoms with Gasteiger partial charge in [0.2, 0.25) is 5.95 Å². The van der Waals surface area contributed by atoms with Gasteiger partial charge in [0.15, 0.2) is 5.75 Å². The van der Waals surface area contributed by atoms with Crippen LogP contribution in [0.1, 0.15) is 11.1 Å². The van der Waals surface area contributed by atoms with Crippen molar-refractivity contribution in [1.82, 2.24) is 9.97 Å². The SMILES string of the molecule is COc1ccc(Oc2cnc(N)nc2-c2ccc(OCc3ccccc3C)cc2O)cc1. The molecule has 0 unspecified atom stereocenters. The normalized spacial score (nSPS) is 10.6. The smallest absolute Gasteiger partial charge is 0.220 e. The predicted molar refractivity (Wildman–Crippen MR) is 122 cm³/mol. The maximum atomic E-state index is 10.7. The number of aryl methyl sites for hydroxylation is 1. The van der Waals surface area contributed by atoms with Gasteiger partial charge in [-0.15, -0.1) is 0 Å². The van der Waals surface area contributed by atoms with E-state index in [2.05, 4.69) is 9.97 Å². The largest absolute Gasteiger partial charge is 0.507 e. The van der Waals surface area contributed by atoms with Crippen LogP contribution in [0.25, 0.3) is 11.3 Å². The number of hydrogen-bond acceptors (Lipinski definition) is 7. The highest BCUT2D eigenvalue weighted by atomic mass is 16.5. The molecule has 7 heteroatoms. The quantitative estimate of drug-likeness (QED) is 0.421. The van der Waals surface area contributed by atoms with E-state index in [9.17, 15) is 5.11 Å². The third kappa shape index (κ3) is 4.73. The zero-order chi connectivity index (χ0) is 22.5. The maximum absolute atomic E-state index is 10.7. The summed E-state index contributed by atoms with van der Waals surface area (Å²) in [5.74, 6) is 2.23. The lowest BCUT2D eigenvalue weighted by molar-refractivity contribution is 0.303. The van der Waals surface area contributed by atoms with Gasteiger partial charge in [-0.1, -0.05) is 24.3 Å². The lowest BCUT2D eigenvalue weighted by Gasteiger charge is -2.13. The number of anilines is 1. The fraction of sp³-hybridized carbons (Fsp3) is 0.120. The summed E-state index contributed by atoms with van der Waals surface area (Å²) in [6, 6.07) is 20.1. The van der Waals surface area contributed by atoms with E-state index in [4.69, 9.17) is 19.9 Å². The molecule has 1 heterocycles. The Morgan fingerprint density at radius 3 is 2.38 bits per heavy atom. The number of hydrogen-bond donors (Lipinski definition) is 2. The van der Waals surface area contributed by atoms with Gasteiger partial charge < -0.3 is 25.1 Å². The zero-order valence-electron chi connectivity index (χ0n) is 17.8. The molecule has 0 bridgehead atoms. The lowest BCUT2D eigenvalue weighted by atomic mass is 10.1. The fourth-order valence-electron chi connectivity index (χ4n) is 3.16. The van der Waals surface area contributed by atoms with E-state index >= 15 is 0 Å². The molecule has 0 atom stereocenters. The Balaban J connectivity index is 1.58. The van der Waals surface area contributed by atoms with Gasteiger partial charge in [-0.05, 0) is 54.4 Å². The van der Waals surface area contributed by atoms with Gasteiger partial charge in [0.25, 0.3) is 0 Å². The molecule has 0 aliphatic heterocycles. The van der Waals surface area contributed by atoms with Crippen molar-refractivity contribution in [2.75, 3.05) is 12.8 Å². The molecule has 1 aromatic heterocycles. The van der Waals surface area contributed by atoms with Crippen molar-refractivity contribution in [1.29, 1.82) is 0 Å². The standard InChI is InChI=1S/C25H23N3O4/c1-16-5-3-4-6-17(16)15-31-20-11-12-21(22(29)13-20)24-23(14-27-25(26)28-24)32-19-9-7-18(30-2)8-10-19/h3-14,29H,15H2,1-2H3,(H2,26,27,28). The Morgan fingerprint density at radius 2 is 1.66 bits per heavy atom. The van der Waals surface area contributed by atoms with Gasteiger partial charge in [-0.25, -0.2) is 9.97 Å².